The summed E-state index contributed by atoms with van der Waals surface area (Å²) in [6, 6.07) is 12.2. The van der Waals surface area contributed by atoms with Crippen molar-refractivity contribution in [3.63, 3.8) is 0 Å². The van der Waals surface area contributed by atoms with E-state index in [1.807, 2.05) is 6.07 Å². The minimum absolute atomic E-state index is 0.134. The van der Waals surface area contributed by atoms with Gasteiger partial charge in [0.05, 0.1) is 11.4 Å². The molecule has 7 nitrogen and oxygen atoms in total. The molecule has 0 aliphatic carbocycles. The topological polar surface area (TPSA) is 88.6 Å². The number of rotatable bonds is 6. The summed E-state index contributed by atoms with van der Waals surface area (Å²) in [6.07, 6.45) is 4.31. The summed E-state index contributed by atoms with van der Waals surface area (Å²) in [5, 5.41) is -0.640. The van der Waals surface area contributed by atoms with Gasteiger partial charge in [-0.05, 0) is 37.1 Å². The fourth-order valence-electron chi connectivity index (χ4n) is 2.84. The first kappa shape index (κ1) is 18.2. The molecule has 2 aromatic rings. The van der Waals surface area contributed by atoms with Crippen LogP contribution < -0.4 is 9.46 Å². The number of sulfonamides is 1. The van der Waals surface area contributed by atoms with Crippen LogP contribution in [0.5, 0.6) is 5.75 Å². The van der Waals surface area contributed by atoms with E-state index in [4.69, 9.17) is 4.74 Å². The molecule has 138 valence electrons. The summed E-state index contributed by atoms with van der Waals surface area (Å²) in [5.41, 5.74) is 0.524. The third-order valence-corrected chi connectivity index (χ3v) is 5.98. The number of carbonyl (C=O) groups is 1. The largest absolute Gasteiger partial charge is 0.482 e. The molecule has 1 saturated heterocycles. The lowest BCUT2D eigenvalue weighted by Crippen LogP contribution is -2.48. The van der Waals surface area contributed by atoms with Crippen LogP contribution in [0.3, 0.4) is 0 Å². The van der Waals surface area contributed by atoms with Crippen molar-refractivity contribution in [1.29, 1.82) is 0 Å². The van der Waals surface area contributed by atoms with Crippen molar-refractivity contribution in [3.05, 3.63) is 54.9 Å². The summed E-state index contributed by atoms with van der Waals surface area (Å²) in [7, 11) is -3.56. The Labute approximate surface area is 153 Å². The number of para-hydroxylation sites is 1. The maximum atomic E-state index is 12.6. The SMILES string of the molecule is O=C(COc1cccnc1)N1CCC[C@@H](S(=O)(=O)Nc2ccccc2)C1. The second kappa shape index (κ2) is 8.18. The highest BCUT2D eigenvalue weighted by atomic mass is 32.2. The fraction of sp³-hybridized carbons (Fsp3) is 0.333. The molecule has 0 bridgehead atoms. The number of nitrogens with one attached hydrogen (secondary N) is 1. The summed E-state index contributed by atoms with van der Waals surface area (Å²) >= 11 is 0. The lowest BCUT2D eigenvalue weighted by molar-refractivity contribution is -0.134. The van der Waals surface area contributed by atoms with Gasteiger partial charge in [0.1, 0.15) is 5.75 Å². The van der Waals surface area contributed by atoms with Crippen LogP contribution in [-0.4, -0.2) is 49.2 Å². The average Bonchev–Trinajstić information content (AvgIpc) is 2.67. The number of carbonyl (C=O) groups excluding carboxylic acids is 1. The van der Waals surface area contributed by atoms with Gasteiger partial charge in [0.25, 0.3) is 5.91 Å². The normalized spacial score (nSPS) is 17.5. The zero-order valence-corrected chi connectivity index (χ0v) is 15.1. The van der Waals surface area contributed by atoms with Crippen LogP contribution in [-0.2, 0) is 14.8 Å². The van der Waals surface area contributed by atoms with E-state index in [0.29, 0.717) is 30.8 Å². The van der Waals surface area contributed by atoms with E-state index in [9.17, 15) is 13.2 Å². The average molecular weight is 375 g/mol. The van der Waals surface area contributed by atoms with Gasteiger partial charge in [-0.2, -0.15) is 0 Å². The number of anilines is 1. The molecule has 3 rings (SSSR count). The number of hydrogen-bond donors (Lipinski definition) is 1. The Morgan fingerprint density at radius 1 is 1.23 bits per heavy atom. The number of amides is 1. The second-order valence-electron chi connectivity index (χ2n) is 6.09. The van der Waals surface area contributed by atoms with Gasteiger partial charge in [-0.3, -0.25) is 14.5 Å². The minimum Gasteiger partial charge on any atom is -0.482 e. The first-order valence-corrected chi connectivity index (χ1v) is 9.96. The van der Waals surface area contributed by atoms with Gasteiger partial charge in [0, 0.05) is 25.0 Å². The molecule has 1 fully saturated rings. The maximum Gasteiger partial charge on any atom is 0.260 e. The third-order valence-electron chi connectivity index (χ3n) is 4.20. The molecule has 0 unspecified atom stereocenters. The van der Waals surface area contributed by atoms with Crippen LogP contribution in [0.25, 0.3) is 0 Å². The summed E-state index contributed by atoms with van der Waals surface area (Å²) in [6.45, 7) is 0.564. The van der Waals surface area contributed by atoms with Gasteiger partial charge in [-0.1, -0.05) is 18.2 Å². The Morgan fingerprint density at radius 3 is 2.77 bits per heavy atom. The molecule has 0 radical (unpaired) electrons. The second-order valence-corrected chi connectivity index (χ2v) is 8.06. The Balaban J connectivity index is 1.58. The van der Waals surface area contributed by atoms with Gasteiger partial charge >= 0.3 is 0 Å². The van der Waals surface area contributed by atoms with Crippen LogP contribution in [0, 0.1) is 0 Å². The smallest absolute Gasteiger partial charge is 0.260 e. The molecule has 1 aliphatic rings. The van der Waals surface area contributed by atoms with Crippen molar-refractivity contribution < 1.29 is 17.9 Å². The molecule has 0 saturated carbocycles. The van der Waals surface area contributed by atoms with E-state index in [1.54, 1.807) is 47.5 Å². The minimum atomic E-state index is -3.56. The van der Waals surface area contributed by atoms with E-state index < -0.39 is 15.3 Å². The molecule has 1 aromatic heterocycles. The van der Waals surface area contributed by atoms with E-state index in [0.717, 1.165) is 0 Å². The predicted octanol–water partition coefficient (Wildman–Crippen LogP) is 1.89. The van der Waals surface area contributed by atoms with Gasteiger partial charge in [-0.25, -0.2) is 8.42 Å². The van der Waals surface area contributed by atoms with Crippen molar-refractivity contribution in [2.24, 2.45) is 0 Å². The first-order valence-electron chi connectivity index (χ1n) is 8.42. The lowest BCUT2D eigenvalue weighted by Gasteiger charge is -2.32. The number of piperidine rings is 1. The molecular weight excluding hydrogens is 354 g/mol. The van der Waals surface area contributed by atoms with E-state index in [2.05, 4.69) is 9.71 Å². The summed E-state index contributed by atoms with van der Waals surface area (Å²) in [5.74, 6) is 0.279. The molecule has 1 amide bonds. The monoisotopic (exact) mass is 375 g/mol. The molecule has 8 heteroatoms. The number of likely N-dealkylation sites (tertiary alicyclic amines) is 1. The lowest BCUT2D eigenvalue weighted by atomic mass is 10.1. The fourth-order valence-corrected chi connectivity index (χ4v) is 4.33. The molecule has 1 aliphatic heterocycles. The van der Waals surface area contributed by atoms with Crippen molar-refractivity contribution >= 4 is 21.6 Å². The molecule has 1 aromatic carbocycles. The van der Waals surface area contributed by atoms with Crippen LogP contribution >= 0.6 is 0 Å². The van der Waals surface area contributed by atoms with Crippen molar-refractivity contribution in [2.45, 2.75) is 18.1 Å². The molecular formula is C18H21N3O4S. The van der Waals surface area contributed by atoms with Crippen molar-refractivity contribution in [1.82, 2.24) is 9.88 Å². The van der Waals surface area contributed by atoms with E-state index >= 15 is 0 Å². The summed E-state index contributed by atoms with van der Waals surface area (Å²) < 4.78 is 33.2. The predicted molar refractivity (Wildman–Crippen MR) is 98.3 cm³/mol. The Morgan fingerprint density at radius 2 is 2.04 bits per heavy atom. The molecule has 1 N–H and O–H groups in total. The van der Waals surface area contributed by atoms with Crippen LogP contribution in [0.1, 0.15) is 12.8 Å². The number of benzene rings is 1. The van der Waals surface area contributed by atoms with Crippen molar-refractivity contribution in [3.8, 4) is 5.75 Å². The molecule has 2 heterocycles. The third kappa shape index (κ3) is 4.72. The molecule has 26 heavy (non-hydrogen) atoms. The van der Waals surface area contributed by atoms with Gasteiger partial charge < -0.3 is 9.64 Å². The number of hydrogen-bond acceptors (Lipinski definition) is 5. The van der Waals surface area contributed by atoms with Crippen molar-refractivity contribution in [2.75, 3.05) is 24.4 Å². The van der Waals surface area contributed by atoms with Crippen LogP contribution in [0.15, 0.2) is 54.9 Å². The highest BCUT2D eigenvalue weighted by molar-refractivity contribution is 7.93. The van der Waals surface area contributed by atoms with E-state index in [1.165, 1.54) is 6.20 Å². The van der Waals surface area contributed by atoms with Gasteiger partial charge in [-0.15, -0.1) is 0 Å². The van der Waals surface area contributed by atoms with Crippen LogP contribution in [0.4, 0.5) is 5.69 Å². The van der Waals surface area contributed by atoms with Crippen LogP contribution in [0.2, 0.25) is 0 Å². The van der Waals surface area contributed by atoms with E-state index in [-0.39, 0.29) is 19.1 Å². The number of aromatic nitrogens is 1. The number of pyridine rings is 1. The highest BCUT2D eigenvalue weighted by Gasteiger charge is 2.32. The van der Waals surface area contributed by atoms with Gasteiger partial charge in [0.2, 0.25) is 10.0 Å². The molecule has 0 spiro atoms. The Bertz CT molecular complexity index is 828. The quantitative estimate of drug-likeness (QED) is 0.833. The highest BCUT2D eigenvalue weighted by Crippen LogP contribution is 2.20. The van der Waals surface area contributed by atoms with Gasteiger partial charge in [0.15, 0.2) is 6.61 Å². The first-order chi connectivity index (χ1) is 12.5. The molecule has 1 atom stereocenters. The Kier molecular flexibility index (Phi) is 5.72. The standard InChI is InChI=1S/C18H21N3O4S/c22-18(14-25-16-8-4-10-19-12-16)21-11-5-9-17(13-21)26(23,24)20-15-6-2-1-3-7-15/h1-4,6-8,10,12,17,20H,5,9,11,13-14H2/t17-/m1/s1. The zero-order chi connectivity index (χ0) is 18.4. The Hall–Kier alpha value is -2.61. The zero-order valence-electron chi connectivity index (χ0n) is 14.2. The number of nitrogens with zero attached hydrogens (tertiary/aromatic N) is 2. The summed E-state index contributed by atoms with van der Waals surface area (Å²) in [4.78, 5) is 17.8. The maximum absolute atomic E-state index is 12.6. The number of ether oxygens (including phenoxy) is 1.